The lowest BCUT2D eigenvalue weighted by molar-refractivity contribution is -0.114. The maximum absolute atomic E-state index is 12.7. The first-order valence-corrected chi connectivity index (χ1v) is 11.5. The zero-order valence-electron chi connectivity index (χ0n) is 18.2. The van der Waals surface area contributed by atoms with Crippen LogP contribution in [0, 0.1) is 0 Å². The number of nitrogens with zero attached hydrogens (tertiary/aromatic N) is 2. The van der Waals surface area contributed by atoms with Gasteiger partial charge >= 0.3 is 0 Å². The van der Waals surface area contributed by atoms with E-state index in [1.165, 1.54) is 5.56 Å². The van der Waals surface area contributed by atoms with Crippen LogP contribution in [-0.2, 0) is 4.79 Å². The Hall–Kier alpha value is -2.71. The number of hydrogen-bond donors (Lipinski definition) is 3. The van der Waals surface area contributed by atoms with Crippen LogP contribution in [0.5, 0.6) is 5.75 Å². The molecular formula is C23H30N4O3S. The van der Waals surface area contributed by atoms with Crippen LogP contribution in [0.25, 0.3) is 0 Å². The number of aliphatic hydroxyl groups is 1. The molecule has 0 aliphatic heterocycles. The van der Waals surface area contributed by atoms with E-state index < -0.39 is 0 Å². The number of carbonyl (C=O) groups is 1. The Morgan fingerprint density at radius 3 is 2.58 bits per heavy atom. The summed E-state index contributed by atoms with van der Waals surface area (Å²) >= 11 is 1.61. The highest BCUT2D eigenvalue weighted by Crippen LogP contribution is 2.47. The third kappa shape index (κ3) is 5.51. The number of anilines is 2. The fourth-order valence-electron chi connectivity index (χ4n) is 3.43. The number of likely N-dealkylation sites (N-methyl/N-ethyl adjacent to an activating group) is 1. The van der Waals surface area contributed by atoms with Gasteiger partial charge in [0.1, 0.15) is 11.5 Å². The molecule has 1 amide bonds. The Bertz CT molecular complexity index is 943. The summed E-state index contributed by atoms with van der Waals surface area (Å²) in [5.74, 6) is 0.879. The molecule has 31 heavy (non-hydrogen) atoms. The zero-order valence-corrected chi connectivity index (χ0v) is 19.0. The summed E-state index contributed by atoms with van der Waals surface area (Å²) in [7, 11) is 3.19. The van der Waals surface area contributed by atoms with Crippen molar-refractivity contribution in [3.63, 3.8) is 0 Å². The van der Waals surface area contributed by atoms with Crippen molar-refractivity contribution in [1.29, 1.82) is 0 Å². The Morgan fingerprint density at radius 1 is 1.32 bits per heavy atom. The van der Waals surface area contributed by atoms with E-state index >= 15 is 0 Å². The molecule has 7 nitrogen and oxygen atoms in total. The average molecular weight is 443 g/mol. The number of nitrogens with two attached hydrogens (primary N) is 1. The van der Waals surface area contributed by atoms with Crippen LogP contribution in [0.1, 0.15) is 36.3 Å². The molecular weight excluding hydrogens is 412 g/mol. The summed E-state index contributed by atoms with van der Waals surface area (Å²) < 4.78 is 7.36. The molecule has 2 aromatic carbocycles. The van der Waals surface area contributed by atoms with E-state index in [1.807, 2.05) is 18.4 Å². The molecule has 8 heteroatoms. The highest BCUT2D eigenvalue weighted by atomic mass is 32.2. The minimum absolute atomic E-state index is 0.138. The van der Waals surface area contributed by atoms with E-state index in [-0.39, 0.29) is 18.2 Å². The minimum Gasteiger partial charge on any atom is -0.497 e. The predicted molar refractivity (Wildman–Crippen MR) is 129 cm³/mol. The fourth-order valence-corrected chi connectivity index (χ4v) is 4.09. The second-order valence-electron chi connectivity index (χ2n) is 7.37. The van der Waals surface area contributed by atoms with Gasteiger partial charge in [-0.15, -0.1) is 0 Å². The summed E-state index contributed by atoms with van der Waals surface area (Å²) in [6.45, 7) is 0.858. The first-order valence-electron chi connectivity index (χ1n) is 10.3. The second kappa shape index (κ2) is 10.5. The highest BCUT2D eigenvalue weighted by Gasteiger charge is 2.30. The Kier molecular flexibility index (Phi) is 7.81. The molecule has 3 rings (SSSR count). The molecule has 2 aromatic rings. The molecule has 0 aromatic heterocycles. The van der Waals surface area contributed by atoms with Crippen LogP contribution >= 0.6 is 11.9 Å². The third-order valence-corrected chi connectivity index (χ3v) is 6.06. The number of aliphatic hydroxyl groups excluding tert-OH is 1. The predicted octanol–water partition coefficient (Wildman–Crippen LogP) is 3.49. The molecule has 1 aliphatic carbocycles. The normalized spacial score (nSPS) is 13.7. The monoisotopic (exact) mass is 442 g/mol. The Balaban J connectivity index is 2.07. The summed E-state index contributed by atoms with van der Waals surface area (Å²) in [4.78, 5) is 17.4. The van der Waals surface area contributed by atoms with E-state index in [0.29, 0.717) is 29.3 Å². The lowest BCUT2D eigenvalue weighted by Gasteiger charge is -2.26. The molecule has 1 aliphatic rings. The van der Waals surface area contributed by atoms with Gasteiger partial charge in [0.15, 0.2) is 0 Å². The van der Waals surface area contributed by atoms with Gasteiger partial charge in [0.25, 0.3) is 5.91 Å². The smallest absolute Gasteiger partial charge is 0.270 e. The second-order valence-corrected chi connectivity index (χ2v) is 8.18. The van der Waals surface area contributed by atoms with Gasteiger partial charge < -0.3 is 25.2 Å². The van der Waals surface area contributed by atoms with Crippen LogP contribution in [0.2, 0.25) is 0 Å². The van der Waals surface area contributed by atoms with E-state index in [1.54, 1.807) is 50.4 Å². The summed E-state index contributed by atoms with van der Waals surface area (Å²) in [6, 6.07) is 11.2. The topological polar surface area (TPSA) is 100 Å². The van der Waals surface area contributed by atoms with Crippen molar-refractivity contribution in [3.8, 4) is 5.75 Å². The van der Waals surface area contributed by atoms with E-state index in [2.05, 4.69) is 14.6 Å². The number of rotatable bonds is 10. The van der Waals surface area contributed by atoms with Gasteiger partial charge in [-0.1, -0.05) is 11.9 Å². The van der Waals surface area contributed by atoms with Gasteiger partial charge in [0, 0.05) is 37.7 Å². The van der Waals surface area contributed by atoms with E-state index in [4.69, 9.17) is 10.5 Å². The van der Waals surface area contributed by atoms with Crippen molar-refractivity contribution >= 4 is 40.6 Å². The molecule has 0 atom stereocenters. The average Bonchev–Trinajstić information content (AvgIpc) is 3.63. The number of hydrogen-bond acceptors (Lipinski definition) is 7. The maximum Gasteiger partial charge on any atom is 0.270 e. The lowest BCUT2D eigenvalue weighted by Crippen LogP contribution is -2.29. The Labute approximate surface area is 187 Å². The molecule has 0 spiro atoms. The molecule has 166 valence electrons. The molecule has 0 radical (unpaired) electrons. The summed E-state index contributed by atoms with van der Waals surface area (Å²) in [5.41, 5.74) is 10.7. The van der Waals surface area contributed by atoms with Crippen LogP contribution in [0.15, 0.2) is 41.4 Å². The van der Waals surface area contributed by atoms with Crippen molar-refractivity contribution < 1.29 is 14.6 Å². The van der Waals surface area contributed by atoms with Crippen LogP contribution in [-0.4, -0.2) is 50.3 Å². The Morgan fingerprint density at radius 2 is 2.03 bits per heavy atom. The van der Waals surface area contributed by atoms with Crippen molar-refractivity contribution in [2.45, 2.75) is 25.2 Å². The number of benzene rings is 2. The number of aliphatic imine (C=N–C) groups is 1. The van der Waals surface area contributed by atoms with Crippen molar-refractivity contribution in [1.82, 2.24) is 5.32 Å². The van der Waals surface area contributed by atoms with Gasteiger partial charge in [0.2, 0.25) is 0 Å². The third-order valence-electron chi connectivity index (χ3n) is 5.23. The standard InChI is InChI=1S/C23H30N4O3S/c1-25-23(29)22(26-16-7-9-17(30-2)10-8-16)19-13-18(15-5-6-15)21(14-20(19)24)27(31-3)11-4-12-28/h7-10,13-15,28H,4-6,11-12,24H2,1-3H3,(H,25,29). The van der Waals surface area contributed by atoms with Crippen molar-refractivity contribution in [2.75, 3.05) is 43.6 Å². The number of ether oxygens (including phenoxy) is 1. The molecule has 0 unspecified atom stereocenters. The highest BCUT2D eigenvalue weighted by molar-refractivity contribution is 7.99. The quantitative estimate of drug-likeness (QED) is 0.296. The molecule has 0 bridgehead atoms. The molecule has 1 saturated carbocycles. The first kappa shape index (κ1) is 23.0. The number of nitrogen functional groups attached to an aromatic ring is 1. The lowest BCUT2D eigenvalue weighted by atomic mass is 9.98. The number of nitrogens with one attached hydrogen (secondary N) is 1. The molecule has 4 N–H and O–H groups in total. The van der Waals surface area contributed by atoms with Gasteiger partial charge in [-0.2, -0.15) is 0 Å². The number of carbonyl (C=O) groups excluding carboxylic acids is 1. The van der Waals surface area contributed by atoms with Crippen LogP contribution < -0.4 is 20.1 Å². The van der Waals surface area contributed by atoms with Crippen molar-refractivity contribution in [3.05, 3.63) is 47.5 Å². The zero-order chi connectivity index (χ0) is 22.4. The summed E-state index contributed by atoms with van der Waals surface area (Å²) in [5, 5.41) is 11.9. The molecule has 0 saturated heterocycles. The number of methoxy groups -OCH3 is 1. The van der Waals surface area contributed by atoms with Crippen LogP contribution in [0.3, 0.4) is 0 Å². The van der Waals surface area contributed by atoms with Crippen molar-refractivity contribution in [2.24, 2.45) is 4.99 Å². The van der Waals surface area contributed by atoms with Gasteiger partial charge in [-0.3, -0.25) is 4.79 Å². The summed E-state index contributed by atoms with van der Waals surface area (Å²) in [6.07, 6.45) is 4.92. The first-order chi connectivity index (χ1) is 15.0. The number of amides is 1. The SMILES string of the molecule is CNC(=O)C(=Nc1ccc(OC)cc1)c1cc(C2CC2)c(N(CCCO)SC)cc1N. The molecule has 1 fully saturated rings. The largest absolute Gasteiger partial charge is 0.497 e. The van der Waals surface area contributed by atoms with Crippen LogP contribution in [0.4, 0.5) is 17.1 Å². The van der Waals surface area contributed by atoms with Gasteiger partial charge in [0.05, 0.1) is 18.5 Å². The van der Waals surface area contributed by atoms with E-state index in [0.717, 1.165) is 30.8 Å². The minimum atomic E-state index is -0.293. The maximum atomic E-state index is 12.7. The van der Waals surface area contributed by atoms with Gasteiger partial charge in [-0.05, 0) is 67.1 Å². The van der Waals surface area contributed by atoms with E-state index in [9.17, 15) is 9.90 Å². The fraction of sp³-hybridized carbons (Fsp3) is 0.391. The molecule has 0 heterocycles. The van der Waals surface area contributed by atoms with Gasteiger partial charge in [-0.25, -0.2) is 4.99 Å².